The van der Waals surface area contributed by atoms with E-state index >= 15 is 0 Å². The van der Waals surface area contributed by atoms with Crippen molar-refractivity contribution in [3.8, 4) is 0 Å². The average molecular weight is 1140 g/mol. The number of hydrogen-bond donors (Lipinski definition) is 0. The van der Waals surface area contributed by atoms with Crippen LogP contribution in [0.2, 0.25) is 180 Å². The van der Waals surface area contributed by atoms with Gasteiger partial charge in [-0.1, -0.05) is 59.3 Å². The lowest BCUT2D eigenvalue weighted by atomic mass is 10.4. The summed E-state index contributed by atoms with van der Waals surface area (Å²) in [6.07, 6.45) is 7.61. The molecule has 0 saturated heterocycles. The topological polar surface area (TPSA) is 111 Å². The van der Waals surface area contributed by atoms with Gasteiger partial charge in [0.1, 0.15) is 0 Å². The summed E-state index contributed by atoms with van der Waals surface area (Å²) >= 11 is 0. The summed E-state index contributed by atoms with van der Waals surface area (Å²) in [5.41, 5.74) is 0. The van der Waals surface area contributed by atoms with E-state index in [0.29, 0.717) is 31.9 Å². The molecule has 0 radical (unpaired) electrons. The predicted molar refractivity (Wildman–Crippen MR) is 310 cm³/mol. The summed E-state index contributed by atoms with van der Waals surface area (Å²) in [5, 5.41) is 0. The van der Waals surface area contributed by atoms with Gasteiger partial charge in [0.15, 0.2) is 41.6 Å². The van der Waals surface area contributed by atoms with Crippen molar-refractivity contribution in [3.63, 3.8) is 0 Å². The highest BCUT2D eigenvalue weighted by atomic mass is 28.5. The van der Waals surface area contributed by atoms with E-state index in [9.17, 15) is 0 Å². The highest BCUT2D eigenvalue weighted by Gasteiger charge is 2.59. The second-order valence-electron chi connectivity index (χ2n) is 24.6. The van der Waals surface area contributed by atoms with E-state index in [1.165, 1.54) is 0 Å². The van der Waals surface area contributed by atoms with Crippen LogP contribution >= 0.6 is 0 Å². The molecule has 0 saturated carbocycles. The van der Waals surface area contributed by atoms with Crippen LogP contribution < -0.4 is 0 Å². The molecule has 24 heteroatoms. The molecule has 2 unspecified atom stereocenters. The summed E-state index contributed by atoms with van der Waals surface area (Å²) < 4.78 is 85.7. The third-order valence-corrected chi connectivity index (χ3v) is 56.7. The SMILES string of the molecule is CCCC[Si](C)(C)O[Si](C)(C)O[Si](CC[Si](C)(O[Si](C)(C)C)O[Si](C)(CCCOCCOC)O[Si](C)(C)O[Si](C)(C)C)(O[Si](C)(C)O[Si](C)(C)CCCC)O[Si](C)(C)O[Si](C)(C)CCCC. The zero-order chi connectivity index (χ0) is 51.8. The van der Waals surface area contributed by atoms with Crippen LogP contribution in [0.1, 0.15) is 65.7 Å². The van der Waals surface area contributed by atoms with Crippen LogP contribution in [-0.4, -0.2) is 129 Å². The van der Waals surface area contributed by atoms with Crippen LogP contribution in [0.25, 0.3) is 0 Å². The average Bonchev–Trinajstić information content (AvgIpc) is 3.05. The molecule has 0 heterocycles. The molecule has 398 valence electrons. The van der Waals surface area contributed by atoms with Gasteiger partial charge < -0.3 is 50.6 Å². The van der Waals surface area contributed by atoms with Gasteiger partial charge in [-0.2, -0.15) is 0 Å². The Hall–Kier alpha value is 2.12. The number of rotatable bonds is 39. The number of hydrogen-bond acceptors (Lipinski definition) is 12. The Balaban J connectivity index is 8.03. The first kappa shape index (κ1) is 68.1. The van der Waals surface area contributed by atoms with Crippen LogP contribution in [0.4, 0.5) is 0 Å². The highest BCUT2D eigenvalue weighted by molar-refractivity contribution is 6.95. The minimum Gasteiger partial charge on any atom is -0.437 e. The summed E-state index contributed by atoms with van der Waals surface area (Å²) in [6.45, 7) is 58.0. The lowest BCUT2D eigenvalue weighted by molar-refractivity contribution is 0.0702. The van der Waals surface area contributed by atoms with E-state index in [1.54, 1.807) is 7.11 Å². The van der Waals surface area contributed by atoms with Crippen molar-refractivity contribution in [2.75, 3.05) is 26.9 Å². The van der Waals surface area contributed by atoms with Crippen molar-refractivity contribution in [1.82, 2.24) is 0 Å². The maximum atomic E-state index is 7.76. The fourth-order valence-corrected chi connectivity index (χ4v) is 69.4. The van der Waals surface area contributed by atoms with Gasteiger partial charge >= 0.3 is 60.2 Å². The fraction of sp³-hybridized carbons (Fsp3) is 1.00. The van der Waals surface area contributed by atoms with Gasteiger partial charge in [-0.15, -0.1) is 0 Å². The molecule has 0 amide bonds. The second kappa shape index (κ2) is 28.1. The largest absolute Gasteiger partial charge is 0.474 e. The third kappa shape index (κ3) is 32.3. The summed E-state index contributed by atoms with van der Waals surface area (Å²) in [5.74, 6) is 0. The van der Waals surface area contributed by atoms with Gasteiger partial charge in [0.05, 0.1) is 13.2 Å². The van der Waals surface area contributed by atoms with E-state index in [0.717, 1.165) is 69.1 Å². The van der Waals surface area contributed by atoms with E-state index in [4.69, 9.17) is 50.6 Å². The molecule has 0 bridgehead atoms. The molecule has 0 aromatic heterocycles. The lowest BCUT2D eigenvalue weighted by Gasteiger charge is -2.48. The zero-order valence-corrected chi connectivity index (χ0v) is 60.2. The first-order chi connectivity index (χ1) is 29.5. The standard InChI is InChI=1S/C42H110O12Si12/c1-27-30-37-57(11,12)47-61(19,20)51-66(52-62(21,22)48-58(13,14)38-31-28-2,53-63(23,24)49-59(15,16)39-32-29-3)42-41-65(26,46-56(8,9)10)54-64(25,40-33-34-44-36-35-43-4)50-60(17,18)45-55(5,6)7/h27-42H2,1-26H3. The highest BCUT2D eigenvalue weighted by Crippen LogP contribution is 2.39. The molecule has 0 aliphatic heterocycles. The van der Waals surface area contributed by atoms with Crippen LogP contribution in [-0.2, 0) is 50.6 Å². The molecule has 0 aromatic carbocycles. The molecule has 66 heavy (non-hydrogen) atoms. The van der Waals surface area contributed by atoms with Crippen molar-refractivity contribution in [3.05, 3.63) is 0 Å². The normalized spacial score (nSPS) is 16.5. The van der Waals surface area contributed by atoms with Gasteiger partial charge in [0.25, 0.3) is 0 Å². The first-order valence-electron chi connectivity index (χ1n) is 25.6. The number of ether oxygens (including phenoxy) is 2. The molecule has 0 aliphatic rings. The van der Waals surface area contributed by atoms with Crippen molar-refractivity contribution >= 4 is 102 Å². The van der Waals surface area contributed by atoms with Crippen molar-refractivity contribution < 1.29 is 50.6 Å². The van der Waals surface area contributed by atoms with Gasteiger partial charge in [-0.25, -0.2) is 0 Å². The molecule has 0 fully saturated rings. The fourth-order valence-electron chi connectivity index (χ4n) is 9.11. The Labute approximate surface area is 422 Å². The Bertz CT molecular complexity index is 1280. The Kier molecular flexibility index (Phi) is 29.0. The monoisotopic (exact) mass is 1140 g/mol. The molecule has 0 rings (SSSR count). The van der Waals surface area contributed by atoms with Crippen molar-refractivity contribution in [2.45, 2.75) is 246 Å². The first-order valence-corrected chi connectivity index (χ1v) is 60.0. The molecular formula is C42H110O12Si12. The van der Waals surface area contributed by atoms with Crippen molar-refractivity contribution in [1.29, 1.82) is 0 Å². The molecule has 0 spiro atoms. The van der Waals surface area contributed by atoms with Crippen LogP contribution in [0, 0.1) is 0 Å². The number of methoxy groups -OCH3 is 1. The zero-order valence-electron chi connectivity index (χ0n) is 48.2. The Morgan fingerprint density at radius 3 is 0.970 bits per heavy atom. The maximum Gasteiger partial charge on any atom is 0.474 e. The number of unbranched alkanes of at least 4 members (excludes halogenated alkanes) is 3. The van der Waals surface area contributed by atoms with E-state index < -0.39 is 102 Å². The maximum absolute atomic E-state index is 7.76. The van der Waals surface area contributed by atoms with E-state index in [1.807, 2.05) is 0 Å². The third-order valence-electron chi connectivity index (χ3n) is 10.4. The summed E-state index contributed by atoms with van der Waals surface area (Å²) in [4.78, 5) is 0. The van der Waals surface area contributed by atoms with E-state index in [-0.39, 0.29) is 0 Å². The molecule has 0 N–H and O–H groups in total. The van der Waals surface area contributed by atoms with Gasteiger partial charge in [0.2, 0.25) is 0 Å². The summed E-state index contributed by atoms with van der Waals surface area (Å²) in [7, 11) is -30.1. The minimum absolute atomic E-state index is 0.501. The van der Waals surface area contributed by atoms with Gasteiger partial charge in [0, 0.05) is 19.8 Å². The van der Waals surface area contributed by atoms with Gasteiger partial charge in [-0.3, -0.25) is 0 Å². The summed E-state index contributed by atoms with van der Waals surface area (Å²) in [6, 6.07) is 5.07. The quantitative estimate of drug-likeness (QED) is 0.0432. The molecule has 0 aliphatic carbocycles. The van der Waals surface area contributed by atoms with Crippen molar-refractivity contribution in [2.24, 2.45) is 0 Å². The van der Waals surface area contributed by atoms with Gasteiger partial charge in [-0.05, 0) is 181 Å². The van der Waals surface area contributed by atoms with Crippen LogP contribution in [0.3, 0.4) is 0 Å². The Morgan fingerprint density at radius 2 is 0.636 bits per heavy atom. The molecular weight excluding hydrogens is 1030 g/mol. The predicted octanol–water partition coefficient (Wildman–Crippen LogP) is 14.8. The van der Waals surface area contributed by atoms with Crippen LogP contribution in [0.15, 0.2) is 0 Å². The molecule has 12 nitrogen and oxygen atoms in total. The van der Waals surface area contributed by atoms with Crippen LogP contribution in [0.5, 0.6) is 0 Å². The smallest absolute Gasteiger partial charge is 0.437 e. The van der Waals surface area contributed by atoms with E-state index in [2.05, 4.69) is 165 Å². The molecule has 2 atom stereocenters. The Morgan fingerprint density at radius 1 is 0.288 bits per heavy atom. The second-order valence-corrected chi connectivity index (χ2v) is 71.9. The minimum atomic E-state index is -3.78. The lowest BCUT2D eigenvalue weighted by Crippen LogP contribution is -2.67. The molecule has 0 aromatic rings.